The Morgan fingerprint density at radius 2 is 1.78 bits per heavy atom. The first-order valence-corrected chi connectivity index (χ1v) is 3.61. The van der Waals surface area contributed by atoms with Crippen molar-refractivity contribution in [3.05, 3.63) is 0 Å². The van der Waals surface area contributed by atoms with Gasteiger partial charge in [0.1, 0.15) is 6.23 Å². The predicted octanol–water partition coefficient (Wildman–Crippen LogP) is 1.50. The third-order valence-electron chi connectivity index (χ3n) is 1.32. The van der Waals surface area contributed by atoms with Gasteiger partial charge in [-0.15, -0.1) is 0 Å². The quantitative estimate of drug-likeness (QED) is 0.587. The summed E-state index contributed by atoms with van der Waals surface area (Å²) < 4.78 is 5.33. The molecule has 0 saturated carbocycles. The molecule has 2 heteroatoms. The van der Waals surface area contributed by atoms with Gasteiger partial charge in [0.15, 0.2) is 0 Å². The lowest BCUT2D eigenvalue weighted by atomic mass is 10.2. The summed E-state index contributed by atoms with van der Waals surface area (Å²) in [5.41, 5.74) is 5.42. The van der Waals surface area contributed by atoms with Crippen molar-refractivity contribution >= 4 is 0 Å². The van der Waals surface area contributed by atoms with Gasteiger partial charge in [-0.05, 0) is 19.8 Å². The first kappa shape index (κ1) is 8.92. The van der Waals surface area contributed by atoms with Crippen molar-refractivity contribution in [3.8, 4) is 0 Å². The van der Waals surface area contributed by atoms with Crippen molar-refractivity contribution in [1.29, 1.82) is 0 Å². The van der Waals surface area contributed by atoms with Crippen LogP contribution in [-0.4, -0.2) is 12.3 Å². The smallest absolute Gasteiger partial charge is 0.103 e. The molecule has 0 fully saturated rings. The average Bonchev–Trinajstić information content (AvgIpc) is 1.82. The van der Waals surface area contributed by atoms with E-state index in [-0.39, 0.29) is 6.23 Å². The van der Waals surface area contributed by atoms with Crippen LogP contribution in [0.4, 0.5) is 0 Å². The normalized spacial score (nSPS) is 14.3. The van der Waals surface area contributed by atoms with E-state index in [1.807, 2.05) is 6.92 Å². The molecule has 0 aromatic carbocycles. The Morgan fingerprint density at radius 3 is 1.89 bits per heavy atom. The molecule has 0 spiro atoms. The molecule has 0 amide bonds. The Labute approximate surface area is 57.4 Å². The van der Waals surface area contributed by atoms with Crippen molar-refractivity contribution in [3.63, 3.8) is 0 Å². The number of ether oxygens (including phenoxy) is 1. The molecule has 0 aliphatic rings. The molecular formula is C7H17NO. The van der Waals surface area contributed by atoms with Gasteiger partial charge in [0, 0.05) is 0 Å². The van der Waals surface area contributed by atoms with E-state index in [1.54, 1.807) is 0 Å². The van der Waals surface area contributed by atoms with E-state index in [0.29, 0.717) is 6.10 Å². The monoisotopic (exact) mass is 131 g/mol. The van der Waals surface area contributed by atoms with E-state index in [0.717, 1.165) is 12.8 Å². The van der Waals surface area contributed by atoms with Crippen LogP contribution >= 0.6 is 0 Å². The van der Waals surface area contributed by atoms with Gasteiger partial charge in [0.25, 0.3) is 0 Å². The Kier molecular flexibility index (Phi) is 4.72. The van der Waals surface area contributed by atoms with E-state index in [2.05, 4.69) is 13.8 Å². The van der Waals surface area contributed by atoms with Crippen molar-refractivity contribution in [2.45, 2.75) is 45.9 Å². The molecule has 0 bridgehead atoms. The average molecular weight is 131 g/mol. The summed E-state index contributed by atoms with van der Waals surface area (Å²) in [6.45, 7) is 6.07. The highest BCUT2D eigenvalue weighted by Crippen LogP contribution is 2.03. The second-order valence-corrected chi connectivity index (χ2v) is 2.28. The van der Waals surface area contributed by atoms with Gasteiger partial charge < -0.3 is 10.5 Å². The van der Waals surface area contributed by atoms with Crippen LogP contribution < -0.4 is 5.73 Å². The van der Waals surface area contributed by atoms with Gasteiger partial charge in [-0.25, -0.2) is 0 Å². The Bertz CT molecular complexity index is 59.9. The van der Waals surface area contributed by atoms with E-state index < -0.39 is 0 Å². The Hall–Kier alpha value is -0.0800. The first-order valence-electron chi connectivity index (χ1n) is 3.61. The SMILES string of the molecule is CCC(CC)OC(C)N. The Balaban J connectivity index is 3.31. The zero-order chi connectivity index (χ0) is 7.28. The molecule has 9 heavy (non-hydrogen) atoms. The molecule has 0 aromatic heterocycles. The number of rotatable bonds is 4. The van der Waals surface area contributed by atoms with Crippen molar-refractivity contribution < 1.29 is 4.74 Å². The molecule has 0 rings (SSSR count). The van der Waals surface area contributed by atoms with Crippen LogP contribution in [0.5, 0.6) is 0 Å². The molecule has 0 saturated heterocycles. The molecule has 1 atom stereocenters. The molecule has 0 radical (unpaired) electrons. The van der Waals surface area contributed by atoms with Crippen LogP contribution in [0.1, 0.15) is 33.6 Å². The van der Waals surface area contributed by atoms with Crippen LogP contribution in [-0.2, 0) is 4.74 Å². The maximum Gasteiger partial charge on any atom is 0.103 e. The van der Waals surface area contributed by atoms with Crippen molar-refractivity contribution in [2.75, 3.05) is 0 Å². The summed E-state index contributed by atoms with van der Waals surface area (Å²) in [7, 11) is 0. The molecule has 0 aliphatic heterocycles. The fourth-order valence-electron chi connectivity index (χ4n) is 0.785. The summed E-state index contributed by atoms with van der Waals surface area (Å²) in [6, 6.07) is 0. The zero-order valence-electron chi connectivity index (χ0n) is 6.55. The van der Waals surface area contributed by atoms with Gasteiger partial charge in [-0.1, -0.05) is 13.8 Å². The van der Waals surface area contributed by atoms with Crippen LogP contribution in [0.3, 0.4) is 0 Å². The summed E-state index contributed by atoms with van der Waals surface area (Å²) in [6.07, 6.45) is 2.34. The molecular weight excluding hydrogens is 114 g/mol. The van der Waals surface area contributed by atoms with Crippen LogP contribution in [0.15, 0.2) is 0 Å². The lowest BCUT2D eigenvalue weighted by Gasteiger charge is -2.16. The van der Waals surface area contributed by atoms with E-state index in [4.69, 9.17) is 10.5 Å². The largest absolute Gasteiger partial charge is 0.361 e. The fourth-order valence-corrected chi connectivity index (χ4v) is 0.785. The summed E-state index contributed by atoms with van der Waals surface area (Å²) in [5, 5.41) is 0. The summed E-state index contributed by atoms with van der Waals surface area (Å²) in [4.78, 5) is 0. The van der Waals surface area contributed by atoms with Crippen LogP contribution in [0.25, 0.3) is 0 Å². The highest BCUT2D eigenvalue weighted by Gasteiger charge is 2.04. The third-order valence-corrected chi connectivity index (χ3v) is 1.32. The van der Waals surface area contributed by atoms with Crippen molar-refractivity contribution in [2.24, 2.45) is 5.73 Å². The molecule has 0 aromatic rings. The molecule has 2 nitrogen and oxygen atoms in total. The maximum atomic E-state index is 5.42. The Morgan fingerprint density at radius 1 is 1.33 bits per heavy atom. The first-order chi connectivity index (χ1) is 4.20. The van der Waals surface area contributed by atoms with E-state index in [9.17, 15) is 0 Å². The minimum absolute atomic E-state index is 0.116. The minimum atomic E-state index is -0.116. The lowest BCUT2D eigenvalue weighted by Crippen LogP contribution is -2.25. The van der Waals surface area contributed by atoms with E-state index >= 15 is 0 Å². The van der Waals surface area contributed by atoms with Gasteiger partial charge >= 0.3 is 0 Å². The molecule has 0 heterocycles. The summed E-state index contributed by atoms with van der Waals surface area (Å²) >= 11 is 0. The van der Waals surface area contributed by atoms with Crippen molar-refractivity contribution in [1.82, 2.24) is 0 Å². The number of hydrogen-bond acceptors (Lipinski definition) is 2. The number of nitrogens with two attached hydrogens (primary N) is 1. The summed E-state index contributed by atoms with van der Waals surface area (Å²) in [5.74, 6) is 0. The predicted molar refractivity (Wildman–Crippen MR) is 39.1 cm³/mol. The third kappa shape index (κ3) is 4.43. The second kappa shape index (κ2) is 4.77. The zero-order valence-corrected chi connectivity index (χ0v) is 6.55. The van der Waals surface area contributed by atoms with Gasteiger partial charge in [-0.2, -0.15) is 0 Å². The van der Waals surface area contributed by atoms with Gasteiger partial charge in [-0.3, -0.25) is 0 Å². The highest BCUT2D eigenvalue weighted by atomic mass is 16.5. The van der Waals surface area contributed by atoms with Crippen LogP contribution in [0, 0.1) is 0 Å². The lowest BCUT2D eigenvalue weighted by molar-refractivity contribution is -0.00218. The molecule has 0 aliphatic carbocycles. The van der Waals surface area contributed by atoms with Crippen LogP contribution in [0.2, 0.25) is 0 Å². The standard InChI is InChI=1S/C7H17NO/c1-4-7(5-2)9-6(3)8/h6-7H,4-5,8H2,1-3H3. The topological polar surface area (TPSA) is 35.2 Å². The van der Waals surface area contributed by atoms with E-state index in [1.165, 1.54) is 0 Å². The highest BCUT2D eigenvalue weighted by molar-refractivity contribution is 4.51. The molecule has 1 unspecified atom stereocenters. The molecule has 2 N–H and O–H groups in total. The number of hydrogen-bond donors (Lipinski definition) is 1. The molecule has 56 valence electrons. The second-order valence-electron chi connectivity index (χ2n) is 2.28. The van der Waals surface area contributed by atoms with Gasteiger partial charge in [0.05, 0.1) is 6.10 Å². The maximum absolute atomic E-state index is 5.42. The minimum Gasteiger partial charge on any atom is -0.361 e. The fraction of sp³-hybridized carbons (Fsp3) is 1.00. The van der Waals surface area contributed by atoms with Gasteiger partial charge in [0.2, 0.25) is 0 Å².